The molecule has 0 radical (unpaired) electrons. The highest BCUT2D eigenvalue weighted by Gasteiger charge is 2.21. The maximum absolute atomic E-state index is 12.0. The number of benzene rings is 1. The lowest BCUT2D eigenvalue weighted by Gasteiger charge is -2.28. The first-order valence-electron chi connectivity index (χ1n) is 10.1. The molecule has 2 unspecified atom stereocenters. The number of hydrogen-bond acceptors (Lipinski definition) is 4. The number of rotatable bonds is 11. The van der Waals surface area contributed by atoms with Crippen LogP contribution in [0.5, 0.6) is 0 Å². The number of nitrogens with one attached hydrogen (secondary N) is 2. The molecule has 2 rings (SSSR count). The molecule has 6 heteroatoms. The van der Waals surface area contributed by atoms with Crippen LogP contribution >= 0.6 is 0 Å². The van der Waals surface area contributed by atoms with Crippen LogP contribution in [0, 0.1) is 5.92 Å². The van der Waals surface area contributed by atoms with Gasteiger partial charge in [0.05, 0.1) is 32.5 Å². The van der Waals surface area contributed by atoms with Gasteiger partial charge >= 0.3 is 6.03 Å². The first-order valence-corrected chi connectivity index (χ1v) is 10.1. The van der Waals surface area contributed by atoms with Crippen molar-refractivity contribution < 1.29 is 19.0 Å². The van der Waals surface area contributed by atoms with Crippen molar-refractivity contribution in [3.8, 4) is 0 Å². The van der Waals surface area contributed by atoms with Gasteiger partial charge in [-0.3, -0.25) is 0 Å². The molecule has 1 fully saturated rings. The molecule has 2 N–H and O–H groups in total. The molecular weight excluding hydrogens is 344 g/mol. The molecule has 1 aliphatic rings. The summed E-state index contributed by atoms with van der Waals surface area (Å²) in [5.41, 5.74) is 1.76. The fourth-order valence-corrected chi connectivity index (χ4v) is 3.27. The van der Waals surface area contributed by atoms with E-state index in [2.05, 4.69) is 17.6 Å². The largest absolute Gasteiger partial charge is 0.379 e. The van der Waals surface area contributed by atoms with Gasteiger partial charge in [-0.15, -0.1) is 0 Å². The number of carbonyl (C=O) groups is 1. The van der Waals surface area contributed by atoms with Crippen LogP contribution in [0.15, 0.2) is 24.3 Å². The van der Waals surface area contributed by atoms with Gasteiger partial charge in [0.15, 0.2) is 0 Å². The Morgan fingerprint density at radius 2 is 1.96 bits per heavy atom. The number of anilines is 1. The Labute approximate surface area is 163 Å². The standard InChI is InChI=1S/C21H34N2O4/c1-3-25-13-14-26-16-18-8-6-9-19(15-18)23-21(24)22-11-12-27-20-10-5-4-7-17(20)2/h6,8-9,15,17,20H,3-5,7,10-14,16H2,1-2H3,(H2,22,23,24). The van der Waals surface area contributed by atoms with Gasteiger partial charge in [0.25, 0.3) is 0 Å². The Kier molecular flexibility index (Phi) is 10.2. The monoisotopic (exact) mass is 378 g/mol. The Morgan fingerprint density at radius 3 is 2.78 bits per heavy atom. The highest BCUT2D eigenvalue weighted by molar-refractivity contribution is 5.89. The normalized spacial score (nSPS) is 19.6. The summed E-state index contributed by atoms with van der Waals surface area (Å²) in [7, 11) is 0. The number of carbonyl (C=O) groups excluding carboxylic acids is 1. The van der Waals surface area contributed by atoms with E-state index >= 15 is 0 Å². The second kappa shape index (κ2) is 12.7. The first kappa shape index (κ1) is 21.7. The van der Waals surface area contributed by atoms with Gasteiger partial charge in [0.1, 0.15) is 0 Å². The fourth-order valence-electron chi connectivity index (χ4n) is 3.27. The molecule has 1 aliphatic carbocycles. The number of ether oxygens (including phenoxy) is 3. The van der Waals surface area contributed by atoms with Crippen molar-refractivity contribution in [3.63, 3.8) is 0 Å². The molecule has 152 valence electrons. The zero-order chi connectivity index (χ0) is 19.3. The fraction of sp³-hybridized carbons (Fsp3) is 0.667. The Balaban J connectivity index is 1.62. The molecule has 2 atom stereocenters. The molecular formula is C21H34N2O4. The molecule has 0 aromatic heterocycles. The lowest BCUT2D eigenvalue weighted by atomic mass is 9.88. The van der Waals surface area contributed by atoms with Gasteiger partial charge in [0.2, 0.25) is 0 Å². The van der Waals surface area contributed by atoms with Crippen LogP contribution in [0.1, 0.15) is 45.1 Å². The zero-order valence-electron chi connectivity index (χ0n) is 16.7. The topological polar surface area (TPSA) is 68.8 Å². The molecule has 0 heterocycles. The molecule has 1 saturated carbocycles. The Hall–Kier alpha value is -1.63. The van der Waals surface area contributed by atoms with Gasteiger partial charge < -0.3 is 24.8 Å². The van der Waals surface area contributed by atoms with Crippen molar-refractivity contribution in [2.45, 2.75) is 52.2 Å². The lowest BCUT2D eigenvalue weighted by Crippen LogP contribution is -2.34. The van der Waals surface area contributed by atoms with Gasteiger partial charge in [0, 0.05) is 18.8 Å². The van der Waals surface area contributed by atoms with Gasteiger partial charge in [-0.2, -0.15) is 0 Å². The predicted molar refractivity (Wildman–Crippen MR) is 107 cm³/mol. The van der Waals surface area contributed by atoms with Gasteiger partial charge in [-0.1, -0.05) is 31.9 Å². The van der Waals surface area contributed by atoms with Crippen molar-refractivity contribution in [1.82, 2.24) is 5.32 Å². The highest BCUT2D eigenvalue weighted by Crippen LogP contribution is 2.25. The predicted octanol–water partition coefficient (Wildman–Crippen LogP) is 3.96. The summed E-state index contributed by atoms with van der Waals surface area (Å²) in [6.07, 6.45) is 5.26. The third-order valence-corrected chi connectivity index (χ3v) is 4.78. The number of hydrogen-bond donors (Lipinski definition) is 2. The third-order valence-electron chi connectivity index (χ3n) is 4.78. The molecule has 27 heavy (non-hydrogen) atoms. The summed E-state index contributed by atoms with van der Waals surface area (Å²) < 4.78 is 16.7. The average Bonchev–Trinajstić information content (AvgIpc) is 2.67. The van der Waals surface area contributed by atoms with Crippen LogP contribution in [-0.2, 0) is 20.8 Å². The molecule has 1 aromatic carbocycles. The SMILES string of the molecule is CCOCCOCc1cccc(NC(=O)NCCOC2CCCCC2C)c1. The van der Waals surface area contributed by atoms with Crippen molar-refractivity contribution >= 4 is 11.7 Å². The molecule has 0 aliphatic heterocycles. The van der Waals surface area contributed by atoms with E-state index in [4.69, 9.17) is 14.2 Å². The van der Waals surface area contributed by atoms with E-state index in [0.717, 1.165) is 17.7 Å². The lowest BCUT2D eigenvalue weighted by molar-refractivity contribution is -0.00232. The minimum Gasteiger partial charge on any atom is -0.379 e. The molecule has 0 saturated heterocycles. The maximum atomic E-state index is 12.0. The van der Waals surface area contributed by atoms with Gasteiger partial charge in [-0.25, -0.2) is 4.79 Å². The van der Waals surface area contributed by atoms with Crippen LogP contribution in [0.3, 0.4) is 0 Å². The van der Waals surface area contributed by atoms with E-state index in [0.29, 0.717) is 51.6 Å². The van der Waals surface area contributed by atoms with Crippen molar-refractivity contribution in [2.75, 3.05) is 38.3 Å². The van der Waals surface area contributed by atoms with E-state index in [1.807, 2.05) is 31.2 Å². The average molecular weight is 379 g/mol. The molecule has 6 nitrogen and oxygen atoms in total. The zero-order valence-corrected chi connectivity index (χ0v) is 16.7. The van der Waals surface area contributed by atoms with Gasteiger partial charge in [-0.05, 0) is 43.4 Å². The van der Waals surface area contributed by atoms with Crippen LogP contribution in [0.25, 0.3) is 0 Å². The summed E-state index contributed by atoms with van der Waals surface area (Å²) in [5, 5.41) is 5.70. The maximum Gasteiger partial charge on any atom is 0.319 e. The van der Waals surface area contributed by atoms with E-state index in [1.165, 1.54) is 19.3 Å². The summed E-state index contributed by atoms with van der Waals surface area (Å²) in [5.74, 6) is 0.617. The number of amides is 2. The summed E-state index contributed by atoms with van der Waals surface area (Å²) in [6, 6.07) is 7.45. The highest BCUT2D eigenvalue weighted by atomic mass is 16.5. The van der Waals surface area contributed by atoms with Crippen LogP contribution in [0.4, 0.5) is 10.5 Å². The molecule has 1 aromatic rings. The van der Waals surface area contributed by atoms with Crippen LogP contribution in [0.2, 0.25) is 0 Å². The van der Waals surface area contributed by atoms with E-state index in [1.54, 1.807) is 0 Å². The van der Waals surface area contributed by atoms with Crippen molar-refractivity contribution in [1.29, 1.82) is 0 Å². The first-order chi connectivity index (χ1) is 13.2. The van der Waals surface area contributed by atoms with Crippen molar-refractivity contribution in [3.05, 3.63) is 29.8 Å². The third kappa shape index (κ3) is 8.73. The molecule has 2 amide bonds. The summed E-state index contributed by atoms with van der Waals surface area (Å²) >= 11 is 0. The Morgan fingerprint density at radius 1 is 1.15 bits per heavy atom. The summed E-state index contributed by atoms with van der Waals surface area (Å²) in [6.45, 7) is 7.62. The second-order valence-electron chi connectivity index (χ2n) is 7.00. The number of urea groups is 1. The molecule has 0 spiro atoms. The smallest absolute Gasteiger partial charge is 0.319 e. The van der Waals surface area contributed by atoms with Crippen LogP contribution < -0.4 is 10.6 Å². The van der Waals surface area contributed by atoms with E-state index < -0.39 is 0 Å². The second-order valence-corrected chi connectivity index (χ2v) is 7.00. The minimum atomic E-state index is -0.218. The van der Waals surface area contributed by atoms with E-state index in [-0.39, 0.29) is 6.03 Å². The summed E-state index contributed by atoms with van der Waals surface area (Å²) in [4.78, 5) is 12.0. The van der Waals surface area contributed by atoms with Crippen LogP contribution in [-0.4, -0.2) is 45.1 Å². The molecule has 0 bridgehead atoms. The van der Waals surface area contributed by atoms with E-state index in [9.17, 15) is 4.79 Å². The Bertz CT molecular complexity index is 553. The van der Waals surface area contributed by atoms with Crippen molar-refractivity contribution in [2.24, 2.45) is 5.92 Å². The quantitative estimate of drug-likeness (QED) is 0.572. The minimum absolute atomic E-state index is 0.218.